The van der Waals surface area contributed by atoms with Crippen molar-refractivity contribution in [3.8, 4) is 0 Å². The van der Waals surface area contributed by atoms with Crippen LogP contribution in [-0.2, 0) is 33.1 Å². The Labute approximate surface area is 120 Å². The van der Waals surface area contributed by atoms with Crippen LogP contribution in [0, 0.1) is 0 Å². The van der Waals surface area contributed by atoms with E-state index in [1.165, 1.54) is 18.5 Å². The maximum Gasteiger partial charge on any atom is 0.244 e. The van der Waals surface area contributed by atoms with Crippen molar-refractivity contribution < 1.29 is 17.9 Å². The molecule has 1 aromatic rings. The number of nitrogens with two attached hydrogens (primary N) is 1. The molecular formula is C12H23N3O4S. The average molecular weight is 305 g/mol. The van der Waals surface area contributed by atoms with Gasteiger partial charge in [-0.1, -0.05) is 0 Å². The van der Waals surface area contributed by atoms with Crippen LogP contribution in [0.15, 0.2) is 17.2 Å². The van der Waals surface area contributed by atoms with Gasteiger partial charge < -0.3 is 19.8 Å². The lowest BCUT2D eigenvalue weighted by Crippen LogP contribution is -2.36. The Kier molecular flexibility index (Phi) is 6.63. The molecule has 0 unspecified atom stereocenters. The molecule has 0 fully saturated rings. The van der Waals surface area contributed by atoms with E-state index in [2.05, 4.69) is 0 Å². The van der Waals surface area contributed by atoms with E-state index in [0.717, 1.165) is 5.69 Å². The molecule has 0 amide bonds. The minimum Gasteiger partial charge on any atom is -0.383 e. The SMILES string of the molecule is COCCN(CCOC)S(=O)(=O)c1cc(CN)n(C)c1. The Morgan fingerprint density at radius 3 is 2.20 bits per heavy atom. The Morgan fingerprint density at radius 2 is 1.80 bits per heavy atom. The van der Waals surface area contributed by atoms with Crippen molar-refractivity contribution in [3.63, 3.8) is 0 Å². The highest BCUT2D eigenvalue weighted by Crippen LogP contribution is 2.18. The van der Waals surface area contributed by atoms with Crippen LogP contribution in [0.5, 0.6) is 0 Å². The van der Waals surface area contributed by atoms with Crippen molar-refractivity contribution in [1.82, 2.24) is 8.87 Å². The number of sulfonamides is 1. The van der Waals surface area contributed by atoms with Gasteiger partial charge in [0.15, 0.2) is 0 Å². The number of hydrogen-bond donors (Lipinski definition) is 1. The summed E-state index contributed by atoms with van der Waals surface area (Å²) in [5, 5.41) is 0. The first-order chi connectivity index (χ1) is 9.47. The molecular weight excluding hydrogens is 282 g/mol. The highest BCUT2D eigenvalue weighted by molar-refractivity contribution is 7.89. The standard InChI is InChI=1S/C12H23N3O4S/c1-14-10-12(8-11(14)9-13)20(16,17)15(4-6-18-2)5-7-19-3/h8,10H,4-7,9,13H2,1-3H3. The van der Waals surface area contributed by atoms with Gasteiger partial charge in [0, 0.05) is 52.8 Å². The summed E-state index contributed by atoms with van der Waals surface area (Å²) in [6.45, 7) is 1.53. The van der Waals surface area contributed by atoms with Crippen molar-refractivity contribution in [2.24, 2.45) is 12.8 Å². The van der Waals surface area contributed by atoms with E-state index in [4.69, 9.17) is 15.2 Å². The quantitative estimate of drug-likeness (QED) is 0.681. The van der Waals surface area contributed by atoms with E-state index in [9.17, 15) is 8.42 Å². The third-order valence-corrected chi connectivity index (χ3v) is 4.88. The normalized spacial score (nSPS) is 12.2. The zero-order valence-electron chi connectivity index (χ0n) is 12.2. The Hall–Kier alpha value is -0.930. The molecule has 0 aliphatic carbocycles. The van der Waals surface area contributed by atoms with Crippen LogP contribution in [0.25, 0.3) is 0 Å². The molecule has 1 aromatic heterocycles. The fraction of sp³-hybridized carbons (Fsp3) is 0.667. The van der Waals surface area contributed by atoms with Crippen LogP contribution in [0.4, 0.5) is 0 Å². The average Bonchev–Trinajstić information content (AvgIpc) is 2.80. The van der Waals surface area contributed by atoms with Crippen LogP contribution in [0.1, 0.15) is 5.69 Å². The minimum absolute atomic E-state index is 0.243. The predicted molar refractivity (Wildman–Crippen MR) is 75.8 cm³/mol. The molecule has 116 valence electrons. The number of hydrogen-bond acceptors (Lipinski definition) is 5. The third-order valence-electron chi connectivity index (χ3n) is 3.02. The summed E-state index contributed by atoms with van der Waals surface area (Å²) in [5.41, 5.74) is 6.34. The molecule has 0 spiro atoms. The van der Waals surface area contributed by atoms with Crippen LogP contribution in [0.2, 0.25) is 0 Å². The lowest BCUT2D eigenvalue weighted by molar-refractivity contribution is 0.150. The second kappa shape index (κ2) is 7.75. The molecule has 2 N–H and O–H groups in total. The zero-order valence-corrected chi connectivity index (χ0v) is 13.0. The molecule has 1 heterocycles. The molecule has 1 rings (SSSR count). The molecule has 0 aliphatic heterocycles. The van der Waals surface area contributed by atoms with Gasteiger partial charge in [0.1, 0.15) is 4.90 Å². The molecule has 0 saturated carbocycles. The largest absolute Gasteiger partial charge is 0.383 e. The lowest BCUT2D eigenvalue weighted by Gasteiger charge is -2.20. The van der Waals surface area contributed by atoms with E-state index in [1.807, 2.05) is 0 Å². The summed E-state index contributed by atoms with van der Waals surface area (Å²) in [7, 11) is 1.29. The number of aryl methyl sites for hydroxylation is 1. The predicted octanol–water partition coefficient (Wildman–Crippen LogP) is -0.233. The van der Waals surface area contributed by atoms with Gasteiger partial charge in [0.25, 0.3) is 0 Å². The van der Waals surface area contributed by atoms with E-state index in [1.54, 1.807) is 23.9 Å². The molecule has 0 atom stereocenters. The Balaban J connectivity index is 3.00. The van der Waals surface area contributed by atoms with Gasteiger partial charge in [-0.2, -0.15) is 4.31 Å². The molecule has 0 aromatic carbocycles. The maximum atomic E-state index is 12.6. The zero-order chi connectivity index (χ0) is 15.2. The van der Waals surface area contributed by atoms with Crippen molar-refractivity contribution in [2.75, 3.05) is 40.5 Å². The fourth-order valence-electron chi connectivity index (χ4n) is 1.81. The summed E-state index contributed by atoms with van der Waals surface area (Å²) in [4.78, 5) is 0.243. The van der Waals surface area contributed by atoms with Crippen molar-refractivity contribution in [1.29, 1.82) is 0 Å². The van der Waals surface area contributed by atoms with Gasteiger partial charge >= 0.3 is 0 Å². The van der Waals surface area contributed by atoms with Crippen molar-refractivity contribution >= 4 is 10.0 Å². The van der Waals surface area contributed by atoms with Gasteiger partial charge in [-0.25, -0.2) is 8.42 Å². The number of nitrogens with zero attached hydrogens (tertiary/aromatic N) is 2. The number of methoxy groups -OCH3 is 2. The first kappa shape index (κ1) is 17.1. The summed E-state index contributed by atoms with van der Waals surface area (Å²) in [5.74, 6) is 0. The van der Waals surface area contributed by atoms with E-state index in [-0.39, 0.29) is 18.0 Å². The van der Waals surface area contributed by atoms with Crippen LogP contribution in [0.3, 0.4) is 0 Å². The third kappa shape index (κ3) is 4.03. The first-order valence-electron chi connectivity index (χ1n) is 6.30. The fourth-order valence-corrected chi connectivity index (χ4v) is 3.31. The van der Waals surface area contributed by atoms with Gasteiger partial charge in [0.05, 0.1) is 13.2 Å². The second-order valence-corrected chi connectivity index (χ2v) is 6.31. The number of rotatable bonds is 9. The highest BCUT2D eigenvalue weighted by atomic mass is 32.2. The molecule has 8 heteroatoms. The molecule has 0 radical (unpaired) electrons. The minimum atomic E-state index is -3.56. The van der Waals surface area contributed by atoms with Crippen molar-refractivity contribution in [2.45, 2.75) is 11.4 Å². The van der Waals surface area contributed by atoms with Gasteiger partial charge in [-0.3, -0.25) is 0 Å². The highest BCUT2D eigenvalue weighted by Gasteiger charge is 2.25. The summed E-state index contributed by atoms with van der Waals surface area (Å²) in [6.07, 6.45) is 1.57. The van der Waals surface area contributed by atoms with Gasteiger partial charge in [0.2, 0.25) is 10.0 Å². The van der Waals surface area contributed by atoms with E-state index < -0.39 is 10.0 Å². The van der Waals surface area contributed by atoms with Crippen LogP contribution < -0.4 is 5.73 Å². The van der Waals surface area contributed by atoms with E-state index >= 15 is 0 Å². The maximum absolute atomic E-state index is 12.6. The monoisotopic (exact) mass is 305 g/mol. The Morgan fingerprint density at radius 1 is 1.25 bits per heavy atom. The molecule has 20 heavy (non-hydrogen) atoms. The van der Waals surface area contributed by atoms with E-state index in [0.29, 0.717) is 19.8 Å². The second-order valence-electron chi connectivity index (χ2n) is 4.37. The molecule has 7 nitrogen and oxygen atoms in total. The summed E-state index contributed by atoms with van der Waals surface area (Å²) >= 11 is 0. The molecule has 0 bridgehead atoms. The van der Waals surface area contributed by atoms with Gasteiger partial charge in [-0.05, 0) is 6.07 Å². The summed E-state index contributed by atoms with van der Waals surface area (Å²) in [6, 6.07) is 1.60. The first-order valence-corrected chi connectivity index (χ1v) is 7.74. The van der Waals surface area contributed by atoms with Crippen LogP contribution in [-0.4, -0.2) is 57.8 Å². The Bertz CT molecular complexity index is 505. The molecule has 0 aliphatic rings. The van der Waals surface area contributed by atoms with Gasteiger partial charge in [-0.15, -0.1) is 0 Å². The smallest absolute Gasteiger partial charge is 0.244 e. The van der Waals surface area contributed by atoms with Crippen LogP contribution >= 0.6 is 0 Å². The van der Waals surface area contributed by atoms with Crippen molar-refractivity contribution in [3.05, 3.63) is 18.0 Å². The number of aromatic nitrogens is 1. The number of ether oxygens (including phenoxy) is 2. The lowest BCUT2D eigenvalue weighted by atomic mass is 10.4. The summed E-state index contributed by atoms with van der Waals surface area (Å²) < 4.78 is 38.2. The molecule has 0 saturated heterocycles. The topological polar surface area (TPSA) is 86.8 Å².